The number of aromatic nitrogens is 2. The fraction of sp³-hybridized carbons (Fsp3) is 0.0952. The highest BCUT2D eigenvalue weighted by Gasteiger charge is 2.08. The maximum Gasteiger partial charge on any atom is 0.255 e. The highest BCUT2D eigenvalue weighted by Crippen LogP contribution is 2.14. The van der Waals surface area contributed by atoms with Gasteiger partial charge in [0.2, 0.25) is 0 Å². The summed E-state index contributed by atoms with van der Waals surface area (Å²) in [5.74, 6) is 6.60. The van der Waals surface area contributed by atoms with E-state index in [9.17, 15) is 4.79 Å². The smallest absolute Gasteiger partial charge is 0.255 e. The maximum absolute atomic E-state index is 12.5. The second-order valence-corrected chi connectivity index (χ2v) is 5.80. The summed E-state index contributed by atoms with van der Waals surface area (Å²) in [6.45, 7) is 0. The van der Waals surface area contributed by atoms with Crippen LogP contribution < -0.4 is 10.2 Å². The van der Waals surface area contributed by atoms with Crippen molar-refractivity contribution >= 4 is 17.4 Å². The number of hydrogen-bond acceptors (Lipinski definition) is 4. The van der Waals surface area contributed by atoms with Crippen LogP contribution >= 0.6 is 0 Å². The van der Waals surface area contributed by atoms with Crippen molar-refractivity contribution in [3.63, 3.8) is 0 Å². The third-order valence-corrected chi connectivity index (χ3v) is 3.59. The average molecular weight is 342 g/mol. The van der Waals surface area contributed by atoms with Gasteiger partial charge in [0.15, 0.2) is 0 Å². The van der Waals surface area contributed by atoms with Crippen molar-refractivity contribution in [3.8, 4) is 11.8 Å². The first-order valence-electron chi connectivity index (χ1n) is 8.10. The quantitative estimate of drug-likeness (QED) is 0.743. The van der Waals surface area contributed by atoms with Gasteiger partial charge in [-0.15, -0.1) is 0 Å². The number of nitrogens with zero attached hydrogens (tertiary/aromatic N) is 3. The monoisotopic (exact) mass is 342 g/mol. The third-order valence-electron chi connectivity index (χ3n) is 3.59. The van der Waals surface area contributed by atoms with E-state index in [0.29, 0.717) is 16.9 Å². The van der Waals surface area contributed by atoms with E-state index in [4.69, 9.17) is 0 Å². The zero-order chi connectivity index (χ0) is 18.4. The van der Waals surface area contributed by atoms with E-state index in [1.165, 1.54) is 0 Å². The third kappa shape index (κ3) is 4.46. The molecule has 0 atom stereocenters. The molecule has 5 heteroatoms. The van der Waals surface area contributed by atoms with E-state index in [1.807, 2.05) is 61.5 Å². The molecule has 1 N–H and O–H groups in total. The zero-order valence-corrected chi connectivity index (χ0v) is 14.6. The molecule has 26 heavy (non-hydrogen) atoms. The van der Waals surface area contributed by atoms with Gasteiger partial charge in [0, 0.05) is 43.3 Å². The van der Waals surface area contributed by atoms with Crippen LogP contribution in [-0.2, 0) is 0 Å². The number of carbonyl (C=O) groups is 1. The molecule has 2 heterocycles. The maximum atomic E-state index is 12.5. The SMILES string of the molecule is CN(C)c1cc(C(=O)Nc2cccc(C#Cc3ccccn3)c2)ccn1. The molecule has 0 spiro atoms. The number of amides is 1. The highest BCUT2D eigenvalue weighted by molar-refractivity contribution is 6.04. The Bertz CT molecular complexity index is 972. The minimum atomic E-state index is -0.190. The number of hydrogen-bond donors (Lipinski definition) is 1. The standard InChI is InChI=1S/C21H18N4O/c1-25(2)20-15-17(11-13-23-20)21(26)24-19-8-5-6-16(14-19)9-10-18-7-3-4-12-22-18/h3-8,11-15H,1-2H3,(H,24,26). The van der Waals surface area contributed by atoms with Crippen LogP contribution in [0.4, 0.5) is 11.5 Å². The molecule has 128 valence electrons. The number of rotatable bonds is 3. The molecule has 1 aromatic carbocycles. The van der Waals surface area contributed by atoms with Crippen LogP contribution in [0, 0.1) is 11.8 Å². The Kier molecular flexibility index (Phi) is 5.25. The predicted octanol–water partition coefficient (Wildman–Crippen LogP) is 3.19. The van der Waals surface area contributed by atoms with Crippen molar-refractivity contribution < 1.29 is 4.79 Å². The van der Waals surface area contributed by atoms with Crippen LogP contribution in [0.5, 0.6) is 0 Å². The van der Waals surface area contributed by atoms with Crippen molar-refractivity contribution in [2.24, 2.45) is 0 Å². The summed E-state index contributed by atoms with van der Waals surface area (Å²) < 4.78 is 0. The topological polar surface area (TPSA) is 58.1 Å². The van der Waals surface area contributed by atoms with Gasteiger partial charge in [-0.25, -0.2) is 9.97 Å². The lowest BCUT2D eigenvalue weighted by Crippen LogP contribution is -2.15. The molecule has 0 saturated carbocycles. The molecule has 5 nitrogen and oxygen atoms in total. The Morgan fingerprint density at radius 1 is 0.962 bits per heavy atom. The van der Waals surface area contributed by atoms with Gasteiger partial charge in [-0.1, -0.05) is 18.1 Å². The van der Waals surface area contributed by atoms with E-state index in [1.54, 1.807) is 24.5 Å². The van der Waals surface area contributed by atoms with Crippen molar-refractivity contribution in [1.29, 1.82) is 0 Å². The number of carbonyl (C=O) groups excluding carboxylic acids is 1. The summed E-state index contributed by atoms with van der Waals surface area (Å²) in [5.41, 5.74) is 2.74. The van der Waals surface area contributed by atoms with E-state index in [2.05, 4.69) is 27.1 Å². The summed E-state index contributed by atoms with van der Waals surface area (Å²) in [6, 6.07) is 16.4. The molecular weight excluding hydrogens is 324 g/mol. The van der Waals surface area contributed by atoms with Crippen molar-refractivity contribution in [2.75, 3.05) is 24.3 Å². The molecule has 3 aromatic rings. The summed E-state index contributed by atoms with van der Waals surface area (Å²) in [5, 5.41) is 2.89. The Hall–Kier alpha value is -3.65. The molecule has 0 bridgehead atoms. The van der Waals surface area contributed by atoms with Crippen LogP contribution in [0.2, 0.25) is 0 Å². The van der Waals surface area contributed by atoms with Crippen LogP contribution in [0.15, 0.2) is 67.0 Å². The molecule has 0 saturated heterocycles. The van der Waals surface area contributed by atoms with Crippen molar-refractivity contribution in [1.82, 2.24) is 9.97 Å². The molecule has 3 rings (SSSR count). The molecule has 0 aliphatic carbocycles. The molecule has 0 aliphatic rings. The lowest BCUT2D eigenvalue weighted by atomic mass is 10.2. The van der Waals surface area contributed by atoms with E-state index < -0.39 is 0 Å². The summed E-state index contributed by atoms with van der Waals surface area (Å²) in [4.78, 5) is 22.7. The highest BCUT2D eigenvalue weighted by atomic mass is 16.1. The first-order valence-corrected chi connectivity index (χ1v) is 8.10. The number of benzene rings is 1. The van der Waals surface area contributed by atoms with E-state index in [0.717, 1.165) is 11.4 Å². The number of anilines is 2. The normalized spacial score (nSPS) is 9.77. The Morgan fingerprint density at radius 2 is 1.85 bits per heavy atom. The van der Waals surface area contributed by atoms with Crippen molar-refractivity contribution in [3.05, 3.63) is 83.8 Å². The van der Waals surface area contributed by atoms with Gasteiger partial charge in [-0.3, -0.25) is 4.79 Å². The molecule has 0 aliphatic heterocycles. The lowest BCUT2D eigenvalue weighted by Gasteiger charge is -2.12. The largest absolute Gasteiger partial charge is 0.363 e. The zero-order valence-electron chi connectivity index (χ0n) is 14.6. The van der Waals surface area contributed by atoms with Gasteiger partial charge in [0.1, 0.15) is 11.5 Å². The molecular formula is C21H18N4O. The number of pyridine rings is 2. The minimum absolute atomic E-state index is 0.190. The second kappa shape index (κ2) is 7.95. The minimum Gasteiger partial charge on any atom is -0.363 e. The van der Waals surface area contributed by atoms with Gasteiger partial charge in [0.05, 0.1) is 0 Å². The van der Waals surface area contributed by atoms with Crippen LogP contribution in [0.3, 0.4) is 0 Å². The fourth-order valence-corrected chi connectivity index (χ4v) is 2.26. The van der Waals surface area contributed by atoms with Gasteiger partial charge < -0.3 is 10.2 Å². The van der Waals surface area contributed by atoms with E-state index in [-0.39, 0.29) is 5.91 Å². The fourth-order valence-electron chi connectivity index (χ4n) is 2.26. The molecule has 2 aromatic heterocycles. The Morgan fingerprint density at radius 3 is 2.62 bits per heavy atom. The number of nitrogens with one attached hydrogen (secondary N) is 1. The van der Waals surface area contributed by atoms with Gasteiger partial charge in [-0.05, 0) is 48.4 Å². The molecule has 0 radical (unpaired) electrons. The first-order chi connectivity index (χ1) is 12.6. The van der Waals surface area contributed by atoms with Crippen LogP contribution in [0.25, 0.3) is 0 Å². The van der Waals surface area contributed by atoms with Crippen LogP contribution in [-0.4, -0.2) is 30.0 Å². The summed E-state index contributed by atoms with van der Waals surface area (Å²) >= 11 is 0. The average Bonchev–Trinajstić information content (AvgIpc) is 2.67. The van der Waals surface area contributed by atoms with Gasteiger partial charge in [0.25, 0.3) is 5.91 Å². The van der Waals surface area contributed by atoms with Crippen LogP contribution in [0.1, 0.15) is 21.6 Å². The molecule has 1 amide bonds. The van der Waals surface area contributed by atoms with Gasteiger partial charge >= 0.3 is 0 Å². The Labute approximate surface area is 152 Å². The molecule has 0 fully saturated rings. The summed E-state index contributed by atoms with van der Waals surface area (Å²) in [6.07, 6.45) is 3.33. The Balaban J connectivity index is 1.76. The second-order valence-electron chi connectivity index (χ2n) is 5.80. The first kappa shape index (κ1) is 17.2. The molecule has 0 unspecified atom stereocenters. The van der Waals surface area contributed by atoms with E-state index >= 15 is 0 Å². The predicted molar refractivity (Wildman–Crippen MR) is 103 cm³/mol. The van der Waals surface area contributed by atoms with Gasteiger partial charge in [-0.2, -0.15) is 0 Å². The van der Waals surface area contributed by atoms with Crippen molar-refractivity contribution in [2.45, 2.75) is 0 Å². The summed E-state index contributed by atoms with van der Waals surface area (Å²) in [7, 11) is 3.77. The lowest BCUT2D eigenvalue weighted by molar-refractivity contribution is 0.102.